The van der Waals surface area contributed by atoms with Crippen LogP contribution < -0.4 is 10.6 Å². The van der Waals surface area contributed by atoms with E-state index in [1.54, 1.807) is 24.3 Å². The van der Waals surface area contributed by atoms with Gasteiger partial charge in [0.1, 0.15) is 0 Å². The first kappa shape index (κ1) is 22.7. The van der Waals surface area contributed by atoms with Crippen molar-refractivity contribution in [3.05, 3.63) is 144 Å². The molecule has 0 bridgehead atoms. The number of rotatable bonds is 6. The summed E-state index contributed by atoms with van der Waals surface area (Å²) < 4.78 is 0. The molecule has 2 aliphatic rings. The maximum absolute atomic E-state index is 13.1. The summed E-state index contributed by atoms with van der Waals surface area (Å²) in [6.07, 6.45) is 7.31. The number of amides is 2. The lowest BCUT2D eigenvalue weighted by Crippen LogP contribution is -2.37. The first-order chi connectivity index (χ1) is 18.1. The van der Waals surface area contributed by atoms with E-state index in [0.29, 0.717) is 16.8 Å². The number of allylic oxidation sites excluding steroid dienone is 2. The van der Waals surface area contributed by atoms with E-state index in [2.05, 4.69) is 53.1 Å². The summed E-state index contributed by atoms with van der Waals surface area (Å²) >= 11 is 0. The summed E-state index contributed by atoms with van der Waals surface area (Å²) in [7, 11) is 0. The Hall–Kier alpha value is -4.70. The zero-order valence-corrected chi connectivity index (χ0v) is 20.2. The Morgan fingerprint density at radius 3 is 1.97 bits per heavy atom. The molecule has 1 fully saturated rings. The van der Waals surface area contributed by atoms with Crippen LogP contribution in [0.2, 0.25) is 0 Å². The van der Waals surface area contributed by atoms with Crippen LogP contribution in [0.25, 0.3) is 16.7 Å². The molecule has 0 aliphatic heterocycles. The molecular formula is C33H26N2O2. The Balaban J connectivity index is 1.11. The fraction of sp³-hybridized carbons (Fsp3) is 0.0909. The summed E-state index contributed by atoms with van der Waals surface area (Å²) in [5, 5.41) is 6.12. The lowest BCUT2D eigenvalue weighted by atomic mass is 9.97. The van der Waals surface area contributed by atoms with Crippen molar-refractivity contribution in [1.29, 1.82) is 0 Å². The van der Waals surface area contributed by atoms with Gasteiger partial charge in [0.05, 0.1) is 5.54 Å². The zero-order valence-electron chi connectivity index (χ0n) is 20.2. The van der Waals surface area contributed by atoms with Crippen LogP contribution >= 0.6 is 0 Å². The second kappa shape index (κ2) is 9.40. The molecular weight excluding hydrogens is 456 g/mol. The van der Waals surface area contributed by atoms with Gasteiger partial charge in [0.25, 0.3) is 11.8 Å². The predicted molar refractivity (Wildman–Crippen MR) is 148 cm³/mol. The van der Waals surface area contributed by atoms with Crippen LogP contribution in [0.4, 0.5) is 5.69 Å². The summed E-state index contributed by atoms with van der Waals surface area (Å²) in [6, 6.07) is 34.9. The molecule has 180 valence electrons. The van der Waals surface area contributed by atoms with Crippen LogP contribution in [0, 0.1) is 5.92 Å². The molecule has 2 aliphatic carbocycles. The van der Waals surface area contributed by atoms with Crippen molar-refractivity contribution in [3.8, 4) is 11.1 Å². The van der Waals surface area contributed by atoms with Gasteiger partial charge in [-0.3, -0.25) is 9.59 Å². The summed E-state index contributed by atoms with van der Waals surface area (Å²) in [4.78, 5) is 26.0. The van der Waals surface area contributed by atoms with Gasteiger partial charge in [0.15, 0.2) is 0 Å². The molecule has 4 heteroatoms. The largest absolute Gasteiger partial charge is 0.342 e. The van der Waals surface area contributed by atoms with Gasteiger partial charge in [0.2, 0.25) is 0 Å². The molecule has 2 unspecified atom stereocenters. The highest BCUT2D eigenvalue weighted by molar-refractivity contribution is 6.06. The molecule has 0 radical (unpaired) electrons. The highest BCUT2D eigenvalue weighted by Gasteiger charge is 2.53. The first-order valence-corrected chi connectivity index (χ1v) is 12.5. The molecule has 2 amide bonds. The minimum Gasteiger partial charge on any atom is -0.342 e. The quantitative estimate of drug-likeness (QED) is 0.319. The monoisotopic (exact) mass is 482 g/mol. The SMILES string of the molecule is O=C(Nc1ccc(-c2ccccc2)cc1)c1cccc(C(=O)NC23C=CC(c4ccccc4)=CC2C3)c1. The maximum atomic E-state index is 13.1. The third-order valence-electron chi connectivity index (χ3n) is 7.09. The summed E-state index contributed by atoms with van der Waals surface area (Å²) in [5.74, 6) is -0.148. The number of anilines is 1. The van der Waals surface area contributed by atoms with Gasteiger partial charge in [-0.2, -0.15) is 0 Å². The van der Waals surface area contributed by atoms with Crippen LogP contribution in [0.3, 0.4) is 0 Å². The lowest BCUT2D eigenvalue weighted by molar-refractivity contribution is 0.0938. The van der Waals surface area contributed by atoms with Crippen molar-refractivity contribution in [2.45, 2.75) is 12.0 Å². The zero-order chi connectivity index (χ0) is 25.2. The van der Waals surface area contributed by atoms with Crippen molar-refractivity contribution >= 4 is 23.1 Å². The third kappa shape index (κ3) is 4.74. The highest BCUT2D eigenvalue weighted by atomic mass is 16.2. The van der Waals surface area contributed by atoms with E-state index in [0.717, 1.165) is 17.5 Å². The Kier molecular flexibility index (Phi) is 5.78. The molecule has 6 rings (SSSR count). The second-order valence-electron chi connectivity index (χ2n) is 9.60. The number of hydrogen-bond donors (Lipinski definition) is 2. The number of benzene rings is 4. The fourth-order valence-electron chi connectivity index (χ4n) is 4.89. The number of fused-ring (bicyclic) bond motifs is 1. The van der Waals surface area contributed by atoms with Gasteiger partial charge >= 0.3 is 0 Å². The van der Waals surface area contributed by atoms with E-state index in [-0.39, 0.29) is 23.3 Å². The number of hydrogen-bond acceptors (Lipinski definition) is 2. The molecule has 0 saturated heterocycles. The van der Waals surface area contributed by atoms with Crippen LogP contribution in [-0.2, 0) is 0 Å². The van der Waals surface area contributed by atoms with Gasteiger partial charge in [-0.25, -0.2) is 0 Å². The summed E-state index contributed by atoms with van der Waals surface area (Å²) in [5.41, 5.74) is 5.84. The first-order valence-electron chi connectivity index (χ1n) is 12.5. The van der Waals surface area contributed by atoms with E-state index < -0.39 is 0 Å². The van der Waals surface area contributed by atoms with Crippen molar-refractivity contribution in [1.82, 2.24) is 5.32 Å². The number of carbonyl (C=O) groups is 2. The molecule has 2 atom stereocenters. The molecule has 0 spiro atoms. The Morgan fingerprint density at radius 1 is 0.676 bits per heavy atom. The van der Waals surface area contributed by atoms with Crippen molar-refractivity contribution < 1.29 is 9.59 Å². The van der Waals surface area contributed by atoms with Gasteiger partial charge in [-0.05, 0) is 59.0 Å². The van der Waals surface area contributed by atoms with Gasteiger partial charge in [-0.15, -0.1) is 0 Å². The summed E-state index contributed by atoms with van der Waals surface area (Å²) in [6.45, 7) is 0. The minimum atomic E-state index is -0.339. The van der Waals surface area contributed by atoms with Gasteiger partial charge < -0.3 is 10.6 Å². The molecule has 4 aromatic carbocycles. The van der Waals surface area contributed by atoms with E-state index in [9.17, 15) is 9.59 Å². The molecule has 4 nitrogen and oxygen atoms in total. The molecule has 37 heavy (non-hydrogen) atoms. The Morgan fingerprint density at radius 2 is 1.30 bits per heavy atom. The Labute approximate surface area is 216 Å². The topological polar surface area (TPSA) is 58.2 Å². The van der Waals surface area contributed by atoms with Crippen LogP contribution in [0.1, 0.15) is 32.7 Å². The highest BCUT2D eigenvalue weighted by Crippen LogP contribution is 2.50. The van der Waals surface area contributed by atoms with Crippen molar-refractivity contribution in [2.75, 3.05) is 5.32 Å². The third-order valence-corrected chi connectivity index (χ3v) is 7.09. The van der Waals surface area contributed by atoms with E-state index in [1.165, 1.54) is 11.1 Å². The maximum Gasteiger partial charge on any atom is 0.255 e. The van der Waals surface area contributed by atoms with Crippen molar-refractivity contribution in [3.63, 3.8) is 0 Å². The van der Waals surface area contributed by atoms with Crippen LogP contribution in [0.15, 0.2) is 127 Å². The minimum absolute atomic E-state index is 0.175. The van der Waals surface area contributed by atoms with E-state index in [1.807, 2.05) is 60.7 Å². The average Bonchev–Trinajstić information content (AvgIpc) is 3.67. The van der Waals surface area contributed by atoms with Gasteiger partial charge in [0, 0.05) is 22.7 Å². The molecule has 1 saturated carbocycles. The van der Waals surface area contributed by atoms with E-state index >= 15 is 0 Å². The smallest absolute Gasteiger partial charge is 0.255 e. The molecule has 4 aromatic rings. The average molecular weight is 483 g/mol. The Bertz CT molecular complexity index is 1520. The fourth-order valence-corrected chi connectivity index (χ4v) is 4.89. The van der Waals surface area contributed by atoms with Crippen molar-refractivity contribution in [2.24, 2.45) is 5.92 Å². The van der Waals surface area contributed by atoms with E-state index in [4.69, 9.17) is 0 Å². The van der Waals surface area contributed by atoms with Crippen LogP contribution in [0.5, 0.6) is 0 Å². The molecule has 0 heterocycles. The standard InChI is InChI=1S/C33H26N2O2/c36-31(34-30-16-14-25(15-17-30)23-8-3-1-4-9-23)27-12-7-13-28(20-27)32(37)35-33-19-18-26(21-29(33)22-33)24-10-5-2-6-11-24/h1-21,29H,22H2,(H,34,36)(H,35,37). The lowest BCUT2D eigenvalue weighted by Gasteiger charge is -2.19. The van der Waals surface area contributed by atoms with Gasteiger partial charge in [-0.1, -0.05) is 97.1 Å². The second-order valence-corrected chi connectivity index (χ2v) is 9.60. The predicted octanol–water partition coefficient (Wildman–Crippen LogP) is 6.75. The molecule has 0 aromatic heterocycles. The normalized spacial score (nSPS) is 19.4. The number of carbonyl (C=O) groups excluding carboxylic acids is 2. The van der Waals surface area contributed by atoms with Crippen LogP contribution in [-0.4, -0.2) is 17.4 Å². The number of nitrogens with one attached hydrogen (secondary N) is 2. The molecule has 2 N–H and O–H groups in total.